The maximum absolute atomic E-state index is 12.6. The molecule has 2 aliphatic rings. The zero-order valence-electron chi connectivity index (χ0n) is 14.5. The maximum atomic E-state index is 12.6. The van der Waals surface area contributed by atoms with Crippen LogP contribution in [0.4, 0.5) is 10.6 Å². The molecule has 6 nitrogen and oxygen atoms in total. The van der Waals surface area contributed by atoms with Gasteiger partial charge in [0.1, 0.15) is 0 Å². The topological polar surface area (TPSA) is 61.4 Å². The predicted molar refractivity (Wildman–Crippen MR) is 90.5 cm³/mol. The van der Waals surface area contributed by atoms with Crippen LogP contribution in [0.5, 0.6) is 0 Å². The summed E-state index contributed by atoms with van der Waals surface area (Å²) >= 11 is 0. The molecule has 0 aliphatic carbocycles. The fourth-order valence-electron chi connectivity index (χ4n) is 3.45. The molecule has 2 atom stereocenters. The van der Waals surface area contributed by atoms with E-state index < -0.39 is 0 Å². The Kier molecular flexibility index (Phi) is 4.27. The maximum Gasteiger partial charge on any atom is 0.323 e. The Labute approximate surface area is 138 Å². The molecule has 126 valence electrons. The van der Waals surface area contributed by atoms with Gasteiger partial charge < -0.3 is 4.90 Å². The van der Waals surface area contributed by atoms with Gasteiger partial charge in [-0.05, 0) is 38.4 Å². The first-order chi connectivity index (χ1) is 10.8. The molecule has 1 aromatic rings. The van der Waals surface area contributed by atoms with Gasteiger partial charge in [-0.2, -0.15) is 5.10 Å². The van der Waals surface area contributed by atoms with Crippen molar-refractivity contribution in [3.63, 3.8) is 0 Å². The molecule has 1 aromatic heterocycles. The molecule has 23 heavy (non-hydrogen) atoms. The summed E-state index contributed by atoms with van der Waals surface area (Å²) in [5, 5.41) is 11.3. The number of amides is 2. The molecule has 6 heteroatoms. The van der Waals surface area contributed by atoms with Crippen molar-refractivity contribution in [2.75, 3.05) is 25.0 Å². The predicted octanol–water partition coefficient (Wildman–Crippen LogP) is 2.47. The number of piperazine rings is 1. The summed E-state index contributed by atoms with van der Waals surface area (Å²) in [5.74, 6) is 0.518. The minimum Gasteiger partial charge on any atom is -0.319 e. The number of fused-ring (bicyclic) bond motifs is 1. The molecule has 3 heterocycles. The van der Waals surface area contributed by atoms with Crippen molar-refractivity contribution in [3.05, 3.63) is 17.8 Å². The monoisotopic (exact) mass is 317 g/mol. The van der Waals surface area contributed by atoms with E-state index in [-0.39, 0.29) is 17.5 Å². The Morgan fingerprint density at radius 3 is 2.70 bits per heavy atom. The molecule has 0 radical (unpaired) electrons. The molecule has 2 amide bonds. The fraction of sp³-hybridized carbons (Fsp3) is 0.706. The van der Waals surface area contributed by atoms with Crippen LogP contribution in [0.15, 0.2) is 12.1 Å². The van der Waals surface area contributed by atoms with Gasteiger partial charge in [0.05, 0.1) is 5.69 Å². The van der Waals surface area contributed by atoms with Gasteiger partial charge in [-0.1, -0.05) is 20.8 Å². The van der Waals surface area contributed by atoms with Gasteiger partial charge in [0, 0.05) is 30.6 Å². The van der Waals surface area contributed by atoms with E-state index in [1.165, 1.54) is 19.4 Å². The van der Waals surface area contributed by atoms with Crippen molar-refractivity contribution in [1.82, 2.24) is 20.0 Å². The summed E-state index contributed by atoms with van der Waals surface area (Å²) in [6, 6.07) is 4.45. The lowest BCUT2D eigenvalue weighted by Gasteiger charge is -2.42. The highest BCUT2D eigenvalue weighted by Crippen LogP contribution is 2.25. The molecule has 2 aliphatic heterocycles. The molecule has 0 aromatic carbocycles. The average molecular weight is 317 g/mol. The minimum absolute atomic E-state index is 0.0388. The summed E-state index contributed by atoms with van der Waals surface area (Å²) < 4.78 is 0. The number of carbonyl (C=O) groups is 1. The molecule has 2 saturated heterocycles. The first-order valence-corrected chi connectivity index (χ1v) is 8.50. The second-order valence-corrected chi connectivity index (χ2v) is 7.78. The molecular formula is C17H27N5O. The molecule has 0 saturated carbocycles. The number of aromatic nitrogens is 2. The van der Waals surface area contributed by atoms with Crippen molar-refractivity contribution >= 4 is 11.8 Å². The van der Waals surface area contributed by atoms with Gasteiger partial charge in [-0.15, -0.1) is 5.10 Å². The summed E-state index contributed by atoms with van der Waals surface area (Å²) in [7, 11) is 0. The number of urea groups is 1. The SMILES string of the molecule is C[C@H]1CN2CCC[C@H]2CN1C(=O)Nc1ccc(C(C)(C)C)nn1. The van der Waals surface area contributed by atoms with Gasteiger partial charge in [-0.3, -0.25) is 10.2 Å². The molecule has 1 N–H and O–H groups in total. The van der Waals surface area contributed by atoms with Crippen LogP contribution < -0.4 is 5.32 Å². The number of carbonyl (C=O) groups excluding carboxylic acids is 1. The standard InChI is InChI=1S/C17H27N5O/c1-12-10-21-9-5-6-13(21)11-22(12)16(23)18-15-8-7-14(19-20-15)17(2,3)4/h7-8,12-13H,5-6,9-11H2,1-4H3,(H,18,20,23)/t12-,13-/m0/s1. The largest absolute Gasteiger partial charge is 0.323 e. The van der Waals surface area contributed by atoms with Crippen LogP contribution >= 0.6 is 0 Å². The van der Waals surface area contributed by atoms with E-state index in [1.54, 1.807) is 0 Å². The summed E-state index contributed by atoms with van der Waals surface area (Å²) in [5.41, 5.74) is 0.881. The van der Waals surface area contributed by atoms with E-state index in [4.69, 9.17) is 0 Å². The Bertz CT molecular complexity index is 565. The third-order valence-corrected chi connectivity index (χ3v) is 4.87. The van der Waals surface area contributed by atoms with Crippen LogP contribution in [0, 0.1) is 0 Å². The normalized spacial score (nSPS) is 25.3. The van der Waals surface area contributed by atoms with Crippen LogP contribution in [-0.2, 0) is 5.41 Å². The smallest absolute Gasteiger partial charge is 0.319 e. The molecule has 3 rings (SSSR count). The van der Waals surface area contributed by atoms with E-state index in [0.29, 0.717) is 11.9 Å². The lowest BCUT2D eigenvalue weighted by Crippen LogP contribution is -2.57. The summed E-state index contributed by atoms with van der Waals surface area (Å²) in [4.78, 5) is 17.0. The molecular weight excluding hydrogens is 290 g/mol. The van der Waals surface area contributed by atoms with Crippen molar-refractivity contribution in [2.24, 2.45) is 0 Å². The Morgan fingerprint density at radius 2 is 2.04 bits per heavy atom. The van der Waals surface area contributed by atoms with Gasteiger partial charge in [0.2, 0.25) is 0 Å². The lowest BCUT2D eigenvalue weighted by molar-refractivity contribution is 0.0861. The van der Waals surface area contributed by atoms with Crippen molar-refractivity contribution < 1.29 is 4.79 Å². The van der Waals surface area contributed by atoms with Crippen molar-refractivity contribution in [1.29, 1.82) is 0 Å². The highest BCUT2D eigenvalue weighted by molar-refractivity contribution is 5.88. The number of anilines is 1. The number of nitrogens with one attached hydrogen (secondary N) is 1. The quantitative estimate of drug-likeness (QED) is 0.864. The lowest BCUT2D eigenvalue weighted by atomic mass is 9.92. The van der Waals surface area contributed by atoms with Crippen LogP contribution in [0.1, 0.15) is 46.2 Å². The Hall–Kier alpha value is -1.69. The van der Waals surface area contributed by atoms with Crippen molar-refractivity contribution in [3.8, 4) is 0 Å². The van der Waals surface area contributed by atoms with Gasteiger partial charge >= 0.3 is 6.03 Å². The van der Waals surface area contributed by atoms with Gasteiger partial charge in [0.25, 0.3) is 0 Å². The summed E-state index contributed by atoms with van der Waals surface area (Å²) in [6.45, 7) is 11.3. The third kappa shape index (κ3) is 3.47. The van der Waals surface area contributed by atoms with E-state index in [2.05, 4.69) is 48.1 Å². The second-order valence-electron chi connectivity index (χ2n) is 7.78. The fourth-order valence-corrected chi connectivity index (χ4v) is 3.45. The molecule has 2 fully saturated rings. The first-order valence-electron chi connectivity index (χ1n) is 8.50. The highest BCUT2D eigenvalue weighted by atomic mass is 16.2. The molecule has 0 unspecified atom stereocenters. The number of nitrogens with zero attached hydrogens (tertiary/aromatic N) is 4. The van der Waals surface area contributed by atoms with E-state index in [1.807, 2.05) is 17.0 Å². The first kappa shape index (κ1) is 16.2. The van der Waals surface area contributed by atoms with Crippen molar-refractivity contribution in [2.45, 2.75) is 58.0 Å². The number of rotatable bonds is 1. The van der Waals surface area contributed by atoms with E-state index >= 15 is 0 Å². The molecule has 0 bridgehead atoms. The van der Waals surface area contributed by atoms with E-state index in [9.17, 15) is 4.79 Å². The van der Waals surface area contributed by atoms with Gasteiger partial charge in [-0.25, -0.2) is 4.79 Å². The second kappa shape index (κ2) is 6.07. The van der Waals surface area contributed by atoms with Crippen LogP contribution in [0.25, 0.3) is 0 Å². The van der Waals surface area contributed by atoms with Crippen LogP contribution in [-0.4, -0.2) is 57.7 Å². The highest BCUT2D eigenvalue weighted by Gasteiger charge is 2.36. The van der Waals surface area contributed by atoms with Gasteiger partial charge in [0.15, 0.2) is 5.82 Å². The molecule has 0 spiro atoms. The average Bonchev–Trinajstić information content (AvgIpc) is 2.93. The number of hydrogen-bond donors (Lipinski definition) is 1. The summed E-state index contributed by atoms with van der Waals surface area (Å²) in [6.07, 6.45) is 2.43. The Balaban J connectivity index is 1.64. The van der Waals surface area contributed by atoms with Crippen LogP contribution in [0.2, 0.25) is 0 Å². The van der Waals surface area contributed by atoms with E-state index in [0.717, 1.165) is 18.8 Å². The Morgan fingerprint density at radius 1 is 1.26 bits per heavy atom. The third-order valence-electron chi connectivity index (χ3n) is 4.87. The minimum atomic E-state index is -0.0677. The van der Waals surface area contributed by atoms with Crippen LogP contribution in [0.3, 0.4) is 0 Å². The zero-order valence-corrected chi connectivity index (χ0v) is 14.5. The number of hydrogen-bond acceptors (Lipinski definition) is 4. The zero-order chi connectivity index (χ0) is 16.6.